The minimum absolute atomic E-state index is 0.470. The van der Waals surface area contributed by atoms with Gasteiger partial charge in [-0.15, -0.1) is 0 Å². The Balaban J connectivity index is 2.45. The van der Waals surface area contributed by atoms with Crippen LogP contribution in [0.5, 0.6) is 0 Å². The van der Waals surface area contributed by atoms with Gasteiger partial charge in [-0.1, -0.05) is 0 Å². The van der Waals surface area contributed by atoms with Crippen LogP contribution >= 0.6 is 0 Å². The van der Waals surface area contributed by atoms with Crippen molar-refractivity contribution in [1.29, 1.82) is 0 Å². The van der Waals surface area contributed by atoms with Crippen molar-refractivity contribution in [3.8, 4) is 0 Å². The second-order valence-electron chi connectivity index (χ2n) is 3.90. The van der Waals surface area contributed by atoms with Gasteiger partial charge in [0, 0.05) is 12.5 Å². The number of rotatable bonds is 1. The second-order valence-corrected chi connectivity index (χ2v) is 3.90. The molecule has 0 aromatic rings. The Morgan fingerprint density at radius 3 is 2.30 bits per heavy atom. The van der Waals surface area contributed by atoms with Gasteiger partial charge >= 0.3 is 0 Å². The molecule has 0 bridgehead atoms. The summed E-state index contributed by atoms with van der Waals surface area (Å²) in [6.07, 6.45) is 1.14. The number of hydrogen-bond acceptors (Lipinski definition) is 2. The fourth-order valence-electron chi connectivity index (χ4n) is 1.51. The summed E-state index contributed by atoms with van der Waals surface area (Å²) in [4.78, 5) is 2.27. The summed E-state index contributed by atoms with van der Waals surface area (Å²) in [5.74, 6) is 0.470. The van der Waals surface area contributed by atoms with Gasteiger partial charge in [-0.3, -0.25) is 0 Å². The molecule has 0 amide bonds. The first-order valence-electron chi connectivity index (χ1n) is 3.91. The topological polar surface area (TPSA) is 23.5 Å². The lowest BCUT2D eigenvalue weighted by atomic mass is 9.91. The second kappa shape index (κ2) is 2.51. The predicted octanol–water partition coefficient (Wildman–Crippen LogP) is 0.709. The molecule has 0 spiro atoms. The maximum absolute atomic E-state index is 9.61. The van der Waals surface area contributed by atoms with E-state index < -0.39 is 5.60 Å². The Kier molecular flexibility index (Phi) is 2.02. The molecule has 1 N–H and O–H groups in total. The first kappa shape index (κ1) is 8.02. The Labute approximate surface area is 62.8 Å². The van der Waals surface area contributed by atoms with Crippen LogP contribution in [0.1, 0.15) is 20.3 Å². The zero-order valence-electron chi connectivity index (χ0n) is 7.09. The van der Waals surface area contributed by atoms with Gasteiger partial charge in [-0.25, -0.2) is 0 Å². The van der Waals surface area contributed by atoms with Crippen molar-refractivity contribution in [2.24, 2.45) is 5.92 Å². The SMILES string of the molecule is CN1CC[C@@H](C(C)(C)O)C1. The van der Waals surface area contributed by atoms with E-state index in [4.69, 9.17) is 0 Å². The molecule has 60 valence electrons. The van der Waals surface area contributed by atoms with Gasteiger partial charge in [0.15, 0.2) is 0 Å². The molecule has 1 heterocycles. The van der Waals surface area contributed by atoms with Crippen LogP contribution < -0.4 is 0 Å². The molecule has 1 saturated heterocycles. The van der Waals surface area contributed by atoms with E-state index in [0.717, 1.165) is 19.5 Å². The molecule has 1 aliphatic heterocycles. The molecule has 0 aliphatic carbocycles. The van der Waals surface area contributed by atoms with Crippen molar-refractivity contribution in [1.82, 2.24) is 4.90 Å². The molecule has 0 aromatic heterocycles. The Morgan fingerprint density at radius 1 is 1.50 bits per heavy atom. The highest BCUT2D eigenvalue weighted by atomic mass is 16.3. The smallest absolute Gasteiger partial charge is 0.0632 e. The van der Waals surface area contributed by atoms with Crippen LogP contribution in [0.4, 0.5) is 0 Å². The van der Waals surface area contributed by atoms with E-state index in [1.807, 2.05) is 13.8 Å². The lowest BCUT2D eigenvalue weighted by Gasteiger charge is -2.24. The van der Waals surface area contributed by atoms with Crippen molar-refractivity contribution in [2.45, 2.75) is 25.9 Å². The van der Waals surface area contributed by atoms with E-state index >= 15 is 0 Å². The maximum Gasteiger partial charge on any atom is 0.0632 e. The van der Waals surface area contributed by atoms with Crippen LogP contribution in [0.2, 0.25) is 0 Å². The first-order chi connectivity index (χ1) is 4.50. The molecule has 0 radical (unpaired) electrons. The van der Waals surface area contributed by atoms with Crippen molar-refractivity contribution < 1.29 is 5.11 Å². The third kappa shape index (κ3) is 1.70. The van der Waals surface area contributed by atoms with Crippen LogP contribution in [-0.4, -0.2) is 35.7 Å². The van der Waals surface area contributed by atoms with E-state index in [1.54, 1.807) is 0 Å². The highest BCUT2D eigenvalue weighted by Gasteiger charge is 2.31. The Hall–Kier alpha value is -0.0800. The highest BCUT2D eigenvalue weighted by molar-refractivity contribution is 4.84. The maximum atomic E-state index is 9.61. The van der Waals surface area contributed by atoms with Crippen LogP contribution in [0.25, 0.3) is 0 Å². The summed E-state index contributed by atoms with van der Waals surface area (Å²) in [5, 5.41) is 9.61. The van der Waals surface area contributed by atoms with Gasteiger partial charge < -0.3 is 10.0 Å². The van der Waals surface area contributed by atoms with Crippen molar-refractivity contribution in [3.05, 3.63) is 0 Å². The molecule has 2 nitrogen and oxygen atoms in total. The summed E-state index contributed by atoms with van der Waals surface area (Å²) in [6.45, 7) is 5.98. The standard InChI is InChI=1S/C8H17NO/c1-8(2,10)7-4-5-9(3)6-7/h7,10H,4-6H2,1-3H3/t7-/m1/s1. The molecular formula is C8H17NO. The summed E-state index contributed by atoms with van der Waals surface area (Å²) in [7, 11) is 2.10. The molecule has 1 fully saturated rings. The van der Waals surface area contributed by atoms with Crippen molar-refractivity contribution in [3.63, 3.8) is 0 Å². The molecule has 1 atom stereocenters. The first-order valence-corrected chi connectivity index (χ1v) is 3.91. The number of likely N-dealkylation sites (tertiary alicyclic amines) is 1. The summed E-state index contributed by atoms with van der Waals surface area (Å²) in [5.41, 5.74) is -0.481. The quantitative estimate of drug-likeness (QED) is 0.584. The van der Waals surface area contributed by atoms with E-state index in [0.29, 0.717) is 5.92 Å². The zero-order chi connectivity index (χ0) is 7.78. The van der Waals surface area contributed by atoms with Gasteiger partial charge in [0.2, 0.25) is 0 Å². The summed E-state index contributed by atoms with van der Waals surface area (Å²) in [6, 6.07) is 0. The zero-order valence-corrected chi connectivity index (χ0v) is 7.09. The number of nitrogens with zero attached hydrogens (tertiary/aromatic N) is 1. The van der Waals surface area contributed by atoms with Gasteiger partial charge in [-0.2, -0.15) is 0 Å². The average Bonchev–Trinajstić information content (AvgIpc) is 2.11. The highest BCUT2D eigenvalue weighted by Crippen LogP contribution is 2.25. The van der Waals surface area contributed by atoms with Crippen molar-refractivity contribution >= 4 is 0 Å². The van der Waals surface area contributed by atoms with E-state index in [-0.39, 0.29) is 0 Å². The third-order valence-corrected chi connectivity index (χ3v) is 2.39. The summed E-state index contributed by atoms with van der Waals surface area (Å²) >= 11 is 0. The molecular weight excluding hydrogens is 126 g/mol. The molecule has 1 aliphatic rings. The molecule has 0 saturated carbocycles. The van der Waals surface area contributed by atoms with Gasteiger partial charge in [0.25, 0.3) is 0 Å². The summed E-state index contributed by atoms with van der Waals surface area (Å²) < 4.78 is 0. The molecule has 0 aromatic carbocycles. The van der Waals surface area contributed by atoms with E-state index in [1.165, 1.54) is 0 Å². The monoisotopic (exact) mass is 143 g/mol. The Bertz CT molecular complexity index is 117. The molecule has 1 rings (SSSR count). The van der Waals surface area contributed by atoms with Gasteiger partial charge in [0.1, 0.15) is 0 Å². The Morgan fingerprint density at radius 2 is 2.10 bits per heavy atom. The fraction of sp³-hybridized carbons (Fsp3) is 1.00. The van der Waals surface area contributed by atoms with E-state index in [2.05, 4.69) is 11.9 Å². The van der Waals surface area contributed by atoms with Crippen LogP contribution in [0.15, 0.2) is 0 Å². The lowest BCUT2D eigenvalue weighted by Crippen LogP contribution is -2.32. The van der Waals surface area contributed by atoms with Crippen molar-refractivity contribution in [2.75, 3.05) is 20.1 Å². The molecule has 0 unspecified atom stereocenters. The normalized spacial score (nSPS) is 29.4. The predicted molar refractivity (Wildman–Crippen MR) is 41.9 cm³/mol. The van der Waals surface area contributed by atoms with Crippen LogP contribution in [-0.2, 0) is 0 Å². The minimum Gasteiger partial charge on any atom is -0.390 e. The average molecular weight is 143 g/mol. The number of hydrogen-bond donors (Lipinski definition) is 1. The van der Waals surface area contributed by atoms with Crippen LogP contribution in [0.3, 0.4) is 0 Å². The number of aliphatic hydroxyl groups is 1. The molecule has 2 heteroatoms. The minimum atomic E-state index is -0.481. The van der Waals surface area contributed by atoms with Gasteiger partial charge in [-0.05, 0) is 33.9 Å². The fourth-order valence-corrected chi connectivity index (χ4v) is 1.51. The van der Waals surface area contributed by atoms with Gasteiger partial charge in [0.05, 0.1) is 5.60 Å². The lowest BCUT2D eigenvalue weighted by molar-refractivity contribution is 0.0220. The van der Waals surface area contributed by atoms with Crippen LogP contribution in [0, 0.1) is 5.92 Å². The largest absolute Gasteiger partial charge is 0.390 e. The van der Waals surface area contributed by atoms with E-state index in [9.17, 15) is 5.11 Å². The molecule has 10 heavy (non-hydrogen) atoms. The third-order valence-electron chi connectivity index (χ3n) is 2.39.